The Balaban J connectivity index is 1.90. The summed E-state index contributed by atoms with van der Waals surface area (Å²) in [6, 6.07) is 5.45. The molecule has 0 bridgehead atoms. The van der Waals surface area contributed by atoms with Gasteiger partial charge < -0.3 is 19.5 Å². The zero-order valence-electron chi connectivity index (χ0n) is 9.33. The third-order valence-electron chi connectivity index (χ3n) is 3.10. The molecule has 5 nitrogen and oxygen atoms in total. The third kappa shape index (κ3) is 1.93. The predicted molar refractivity (Wildman–Crippen MR) is 63.1 cm³/mol. The fourth-order valence-electron chi connectivity index (χ4n) is 2.09. The maximum absolute atomic E-state index is 9.44. The highest BCUT2D eigenvalue weighted by Crippen LogP contribution is 2.26. The number of anilines is 1. The molecule has 1 aliphatic heterocycles. The molecule has 0 saturated carbocycles. The molecule has 90 valence electrons. The molecule has 1 aromatic heterocycles. The lowest BCUT2D eigenvalue weighted by Crippen LogP contribution is -2.35. The van der Waals surface area contributed by atoms with Crippen LogP contribution in [0.4, 0.5) is 6.01 Å². The van der Waals surface area contributed by atoms with Crippen LogP contribution in [0.15, 0.2) is 22.6 Å². The van der Waals surface area contributed by atoms with Crippen LogP contribution in [0.2, 0.25) is 0 Å². The number of benzene rings is 1. The molecule has 3 rings (SSSR count). The number of hydrogen-bond donors (Lipinski definition) is 2. The van der Waals surface area contributed by atoms with Crippen molar-refractivity contribution in [1.29, 1.82) is 0 Å². The van der Waals surface area contributed by atoms with E-state index in [0.717, 1.165) is 31.4 Å². The van der Waals surface area contributed by atoms with Gasteiger partial charge in [0.25, 0.3) is 6.01 Å². The van der Waals surface area contributed by atoms with E-state index in [1.54, 1.807) is 18.2 Å². The largest absolute Gasteiger partial charge is 0.508 e. The van der Waals surface area contributed by atoms with Gasteiger partial charge in [-0.15, -0.1) is 0 Å². The van der Waals surface area contributed by atoms with Crippen molar-refractivity contribution in [2.75, 3.05) is 18.0 Å². The van der Waals surface area contributed by atoms with E-state index in [0.29, 0.717) is 11.6 Å². The Hall–Kier alpha value is -1.75. The molecule has 17 heavy (non-hydrogen) atoms. The molecule has 2 N–H and O–H groups in total. The first-order valence-electron chi connectivity index (χ1n) is 5.75. The minimum absolute atomic E-state index is 0.175. The van der Waals surface area contributed by atoms with Gasteiger partial charge in [-0.25, -0.2) is 0 Å². The number of phenolic OH excluding ortho intramolecular Hbond substituents is 1. The van der Waals surface area contributed by atoms with E-state index in [2.05, 4.69) is 4.98 Å². The van der Waals surface area contributed by atoms with Gasteiger partial charge in [0.05, 0.1) is 6.10 Å². The van der Waals surface area contributed by atoms with E-state index < -0.39 is 0 Å². The van der Waals surface area contributed by atoms with Crippen molar-refractivity contribution in [3.8, 4) is 5.75 Å². The van der Waals surface area contributed by atoms with Crippen molar-refractivity contribution in [2.24, 2.45) is 0 Å². The van der Waals surface area contributed by atoms with Gasteiger partial charge in [0.15, 0.2) is 5.58 Å². The SMILES string of the molecule is Oc1ccc2nc(N3CCC(O)CC3)oc2c1. The summed E-state index contributed by atoms with van der Waals surface area (Å²) in [6.45, 7) is 1.50. The molecule has 0 aliphatic carbocycles. The average Bonchev–Trinajstić information content (AvgIpc) is 2.72. The molecule has 0 unspecified atom stereocenters. The number of fused-ring (bicyclic) bond motifs is 1. The van der Waals surface area contributed by atoms with Crippen molar-refractivity contribution < 1.29 is 14.6 Å². The maximum atomic E-state index is 9.44. The zero-order valence-corrected chi connectivity index (χ0v) is 9.33. The number of hydrogen-bond acceptors (Lipinski definition) is 5. The van der Waals surface area contributed by atoms with Gasteiger partial charge in [-0.3, -0.25) is 0 Å². The van der Waals surface area contributed by atoms with Gasteiger partial charge in [-0.2, -0.15) is 4.98 Å². The summed E-state index contributed by atoms with van der Waals surface area (Å²) < 4.78 is 5.60. The Morgan fingerprint density at radius 1 is 1.29 bits per heavy atom. The number of nitrogens with zero attached hydrogens (tertiary/aromatic N) is 2. The third-order valence-corrected chi connectivity index (χ3v) is 3.10. The summed E-state index contributed by atoms with van der Waals surface area (Å²) in [7, 11) is 0. The van der Waals surface area contributed by atoms with Crippen LogP contribution < -0.4 is 4.90 Å². The minimum Gasteiger partial charge on any atom is -0.508 e. The molecular weight excluding hydrogens is 220 g/mol. The number of aromatic nitrogens is 1. The summed E-state index contributed by atoms with van der Waals surface area (Å²) in [5.41, 5.74) is 1.33. The molecule has 2 heterocycles. The van der Waals surface area contributed by atoms with Gasteiger partial charge in [-0.05, 0) is 25.0 Å². The van der Waals surface area contributed by atoms with Crippen LogP contribution in [0.25, 0.3) is 11.1 Å². The quantitative estimate of drug-likeness (QED) is 0.782. The lowest BCUT2D eigenvalue weighted by molar-refractivity contribution is 0.144. The Kier molecular flexibility index (Phi) is 2.40. The van der Waals surface area contributed by atoms with Gasteiger partial charge in [-0.1, -0.05) is 0 Å². The molecule has 0 spiro atoms. The number of phenols is 1. The molecule has 5 heteroatoms. The molecule has 1 fully saturated rings. The second kappa shape index (κ2) is 3.92. The van der Waals surface area contributed by atoms with Crippen molar-refractivity contribution in [1.82, 2.24) is 4.98 Å². The van der Waals surface area contributed by atoms with E-state index in [1.165, 1.54) is 0 Å². The minimum atomic E-state index is -0.209. The van der Waals surface area contributed by atoms with Crippen molar-refractivity contribution in [3.63, 3.8) is 0 Å². The Bertz CT molecular complexity index is 530. The molecule has 0 radical (unpaired) electrons. The van der Waals surface area contributed by atoms with E-state index in [4.69, 9.17) is 4.42 Å². The molecule has 1 aromatic carbocycles. The topological polar surface area (TPSA) is 69.7 Å². The first kappa shape index (κ1) is 10.4. The molecule has 1 aliphatic rings. The lowest BCUT2D eigenvalue weighted by atomic mass is 10.1. The van der Waals surface area contributed by atoms with Crippen LogP contribution in [0.5, 0.6) is 5.75 Å². The summed E-state index contributed by atoms with van der Waals surface area (Å²) in [5.74, 6) is 0.175. The molecule has 2 aromatic rings. The van der Waals surface area contributed by atoms with Crippen LogP contribution in [0, 0.1) is 0 Å². The Morgan fingerprint density at radius 3 is 2.82 bits per heavy atom. The maximum Gasteiger partial charge on any atom is 0.298 e. The van der Waals surface area contributed by atoms with Gasteiger partial charge in [0.2, 0.25) is 0 Å². The number of piperidine rings is 1. The van der Waals surface area contributed by atoms with Crippen LogP contribution in [-0.2, 0) is 0 Å². The fraction of sp³-hybridized carbons (Fsp3) is 0.417. The number of aromatic hydroxyl groups is 1. The number of aliphatic hydroxyl groups is 1. The normalized spacial score (nSPS) is 17.8. The molecule has 1 saturated heterocycles. The first-order chi connectivity index (χ1) is 8.22. The van der Waals surface area contributed by atoms with Crippen LogP contribution in [-0.4, -0.2) is 34.4 Å². The first-order valence-corrected chi connectivity index (χ1v) is 5.75. The highest BCUT2D eigenvalue weighted by molar-refractivity contribution is 5.76. The van der Waals surface area contributed by atoms with E-state index in [9.17, 15) is 10.2 Å². The summed E-state index contributed by atoms with van der Waals surface area (Å²) in [4.78, 5) is 6.39. The van der Waals surface area contributed by atoms with Crippen LogP contribution in [0.1, 0.15) is 12.8 Å². The van der Waals surface area contributed by atoms with Gasteiger partial charge >= 0.3 is 0 Å². The smallest absolute Gasteiger partial charge is 0.298 e. The van der Waals surface area contributed by atoms with E-state index in [-0.39, 0.29) is 11.9 Å². The Labute approximate surface area is 98.3 Å². The number of aliphatic hydroxyl groups excluding tert-OH is 1. The van der Waals surface area contributed by atoms with E-state index in [1.807, 2.05) is 4.90 Å². The van der Waals surface area contributed by atoms with Gasteiger partial charge in [0, 0.05) is 19.2 Å². The van der Waals surface area contributed by atoms with Crippen molar-refractivity contribution >= 4 is 17.1 Å². The predicted octanol–water partition coefficient (Wildman–Crippen LogP) is 1.49. The molecule has 0 amide bonds. The number of oxazole rings is 1. The highest BCUT2D eigenvalue weighted by atomic mass is 16.4. The lowest BCUT2D eigenvalue weighted by Gasteiger charge is -2.27. The second-order valence-electron chi connectivity index (χ2n) is 4.37. The Morgan fingerprint density at radius 2 is 2.06 bits per heavy atom. The zero-order chi connectivity index (χ0) is 11.8. The van der Waals surface area contributed by atoms with Crippen LogP contribution in [0.3, 0.4) is 0 Å². The van der Waals surface area contributed by atoms with Crippen LogP contribution >= 0.6 is 0 Å². The van der Waals surface area contributed by atoms with Crippen molar-refractivity contribution in [3.05, 3.63) is 18.2 Å². The van der Waals surface area contributed by atoms with Gasteiger partial charge in [0.1, 0.15) is 11.3 Å². The summed E-state index contributed by atoms with van der Waals surface area (Å²) in [5, 5.41) is 18.8. The molecule has 0 atom stereocenters. The second-order valence-corrected chi connectivity index (χ2v) is 4.37. The summed E-state index contributed by atoms with van der Waals surface area (Å²) in [6.07, 6.45) is 1.27. The number of rotatable bonds is 1. The monoisotopic (exact) mass is 234 g/mol. The standard InChI is InChI=1S/C12H14N2O3/c15-8-3-5-14(6-4-8)12-13-10-2-1-9(16)7-11(10)17-12/h1-2,7-8,15-16H,3-6H2. The van der Waals surface area contributed by atoms with Crippen molar-refractivity contribution in [2.45, 2.75) is 18.9 Å². The average molecular weight is 234 g/mol. The van der Waals surface area contributed by atoms with E-state index >= 15 is 0 Å². The highest BCUT2D eigenvalue weighted by Gasteiger charge is 2.21. The molecular formula is C12H14N2O3. The fourth-order valence-corrected chi connectivity index (χ4v) is 2.09. The summed E-state index contributed by atoms with van der Waals surface area (Å²) >= 11 is 0.